The number of aromatic nitrogens is 1. The molecule has 0 amide bonds. The number of nitrogens with zero attached hydrogens (tertiary/aromatic N) is 2. The van der Waals surface area contributed by atoms with E-state index in [2.05, 4.69) is 31.2 Å². The average molecular weight is 223 g/mol. The summed E-state index contributed by atoms with van der Waals surface area (Å²) in [4.78, 5) is 13.5. The van der Waals surface area contributed by atoms with E-state index in [0.717, 1.165) is 18.7 Å². The van der Waals surface area contributed by atoms with Crippen molar-refractivity contribution in [2.45, 2.75) is 19.5 Å². The minimum absolute atomic E-state index is 0.0413. The van der Waals surface area contributed by atoms with Gasteiger partial charge in [0.05, 0.1) is 0 Å². The van der Waals surface area contributed by atoms with Crippen molar-refractivity contribution >= 4 is 0 Å². The van der Waals surface area contributed by atoms with E-state index < -0.39 is 0 Å². The van der Waals surface area contributed by atoms with Gasteiger partial charge in [-0.25, -0.2) is 0 Å². The molecule has 0 spiro atoms. The molecule has 0 saturated heterocycles. The maximum absolute atomic E-state index is 11.4. The first-order valence-electron chi connectivity index (χ1n) is 5.52. The van der Waals surface area contributed by atoms with Crippen LogP contribution in [0, 0.1) is 0 Å². The molecule has 90 valence electrons. The summed E-state index contributed by atoms with van der Waals surface area (Å²) in [6.45, 7) is 3.87. The SMILES string of the molecule is CC(CN(C)C)NCc1ccn(C)c(=O)c1. The van der Waals surface area contributed by atoms with Gasteiger partial charge in [0.1, 0.15) is 0 Å². The lowest BCUT2D eigenvalue weighted by Gasteiger charge is -2.18. The van der Waals surface area contributed by atoms with Gasteiger partial charge in [-0.15, -0.1) is 0 Å². The Kier molecular flexibility index (Phi) is 4.71. The van der Waals surface area contributed by atoms with Gasteiger partial charge in [0.15, 0.2) is 0 Å². The second-order valence-electron chi connectivity index (χ2n) is 4.53. The number of pyridine rings is 1. The Hall–Kier alpha value is -1.13. The van der Waals surface area contributed by atoms with Crippen LogP contribution >= 0.6 is 0 Å². The molecule has 0 fully saturated rings. The number of rotatable bonds is 5. The fourth-order valence-corrected chi connectivity index (χ4v) is 1.60. The number of likely N-dealkylation sites (N-methyl/N-ethyl adjacent to an activating group) is 1. The van der Waals surface area contributed by atoms with Crippen LogP contribution in [0.2, 0.25) is 0 Å². The molecule has 1 rings (SSSR count). The van der Waals surface area contributed by atoms with Crippen LogP contribution in [0.25, 0.3) is 0 Å². The van der Waals surface area contributed by atoms with Crippen LogP contribution in [0.5, 0.6) is 0 Å². The molecule has 1 heterocycles. The molecule has 4 nitrogen and oxygen atoms in total. The number of nitrogens with one attached hydrogen (secondary N) is 1. The summed E-state index contributed by atoms with van der Waals surface area (Å²) in [5, 5.41) is 3.39. The lowest BCUT2D eigenvalue weighted by molar-refractivity contribution is 0.349. The van der Waals surface area contributed by atoms with Crippen molar-refractivity contribution < 1.29 is 0 Å². The highest BCUT2D eigenvalue weighted by atomic mass is 16.1. The zero-order valence-corrected chi connectivity index (χ0v) is 10.5. The van der Waals surface area contributed by atoms with E-state index in [-0.39, 0.29) is 5.56 Å². The third kappa shape index (κ3) is 4.16. The Balaban J connectivity index is 2.48. The maximum atomic E-state index is 11.4. The van der Waals surface area contributed by atoms with Crippen LogP contribution in [0.15, 0.2) is 23.1 Å². The van der Waals surface area contributed by atoms with E-state index in [1.54, 1.807) is 23.9 Å². The monoisotopic (exact) mass is 223 g/mol. The van der Waals surface area contributed by atoms with Crippen molar-refractivity contribution in [2.24, 2.45) is 7.05 Å². The van der Waals surface area contributed by atoms with Gasteiger partial charge in [0.2, 0.25) is 0 Å². The predicted octanol–water partition coefficient (Wildman–Crippen LogP) is 0.425. The fourth-order valence-electron chi connectivity index (χ4n) is 1.60. The molecule has 0 bridgehead atoms. The second-order valence-corrected chi connectivity index (χ2v) is 4.53. The highest BCUT2D eigenvalue weighted by molar-refractivity contribution is 5.10. The van der Waals surface area contributed by atoms with Crippen molar-refractivity contribution in [3.05, 3.63) is 34.2 Å². The van der Waals surface area contributed by atoms with Gasteiger partial charge in [0, 0.05) is 38.4 Å². The molecular weight excluding hydrogens is 202 g/mol. The topological polar surface area (TPSA) is 37.3 Å². The standard InChI is InChI=1S/C12H21N3O/c1-10(9-14(2)3)13-8-11-5-6-15(4)12(16)7-11/h5-7,10,13H,8-9H2,1-4H3. The van der Waals surface area contributed by atoms with Crippen molar-refractivity contribution in [3.63, 3.8) is 0 Å². The van der Waals surface area contributed by atoms with E-state index in [1.165, 1.54) is 0 Å². The van der Waals surface area contributed by atoms with Crippen LogP contribution in [0.1, 0.15) is 12.5 Å². The zero-order chi connectivity index (χ0) is 12.1. The molecule has 1 N–H and O–H groups in total. The van der Waals surface area contributed by atoms with Crippen LogP contribution in [-0.4, -0.2) is 36.1 Å². The molecule has 1 atom stereocenters. The Morgan fingerprint density at radius 2 is 2.19 bits per heavy atom. The van der Waals surface area contributed by atoms with Gasteiger partial charge in [-0.3, -0.25) is 4.79 Å². The van der Waals surface area contributed by atoms with Gasteiger partial charge >= 0.3 is 0 Å². The van der Waals surface area contributed by atoms with Crippen molar-refractivity contribution in [1.29, 1.82) is 0 Å². The molecule has 0 aliphatic rings. The molecule has 1 aromatic heterocycles. The maximum Gasteiger partial charge on any atom is 0.250 e. The minimum Gasteiger partial charge on any atom is -0.319 e. The molecule has 0 radical (unpaired) electrons. The van der Waals surface area contributed by atoms with Crippen molar-refractivity contribution in [3.8, 4) is 0 Å². The summed E-state index contributed by atoms with van der Waals surface area (Å²) in [6.07, 6.45) is 1.80. The molecule has 1 unspecified atom stereocenters. The van der Waals surface area contributed by atoms with Crippen LogP contribution in [0.4, 0.5) is 0 Å². The second kappa shape index (κ2) is 5.82. The van der Waals surface area contributed by atoms with Crippen LogP contribution < -0.4 is 10.9 Å². The normalized spacial score (nSPS) is 13.1. The molecule has 0 aliphatic heterocycles. The molecule has 0 aromatic carbocycles. The Morgan fingerprint density at radius 1 is 1.50 bits per heavy atom. The van der Waals surface area contributed by atoms with Gasteiger partial charge in [-0.1, -0.05) is 0 Å². The van der Waals surface area contributed by atoms with E-state index in [4.69, 9.17) is 0 Å². The summed E-state index contributed by atoms with van der Waals surface area (Å²) in [7, 11) is 5.86. The van der Waals surface area contributed by atoms with Gasteiger partial charge < -0.3 is 14.8 Å². The average Bonchev–Trinajstić information content (AvgIpc) is 2.19. The summed E-state index contributed by atoms with van der Waals surface area (Å²) >= 11 is 0. The molecule has 0 aliphatic carbocycles. The molecule has 16 heavy (non-hydrogen) atoms. The van der Waals surface area contributed by atoms with Gasteiger partial charge in [-0.05, 0) is 32.6 Å². The van der Waals surface area contributed by atoms with E-state index in [1.807, 2.05) is 6.07 Å². The summed E-state index contributed by atoms with van der Waals surface area (Å²) in [5.41, 5.74) is 1.08. The largest absolute Gasteiger partial charge is 0.319 e. The predicted molar refractivity (Wildman–Crippen MR) is 66.5 cm³/mol. The highest BCUT2D eigenvalue weighted by Crippen LogP contribution is 1.95. The number of hydrogen-bond acceptors (Lipinski definition) is 3. The number of aryl methyl sites for hydroxylation is 1. The first-order chi connectivity index (χ1) is 7.49. The van der Waals surface area contributed by atoms with Crippen LogP contribution in [-0.2, 0) is 13.6 Å². The lowest BCUT2D eigenvalue weighted by Crippen LogP contribution is -2.35. The van der Waals surface area contributed by atoms with E-state index in [0.29, 0.717) is 6.04 Å². The zero-order valence-electron chi connectivity index (χ0n) is 10.5. The van der Waals surface area contributed by atoms with E-state index >= 15 is 0 Å². The molecule has 1 aromatic rings. The highest BCUT2D eigenvalue weighted by Gasteiger charge is 2.03. The quantitative estimate of drug-likeness (QED) is 0.786. The summed E-state index contributed by atoms with van der Waals surface area (Å²) in [6, 6.07) is 4.06. The molecule has 4 heteroatoms. The van der Waals surface area contributed by atoms with Crippen LogP contribution in [0.3, 0.4) is 0 Å². The first-order valence-corrected chi connectivity index (χ1v) is 5.52. The summed E-state index contributed by atoms with van der Waals surface area (Å²) < 4.78 is 1.58. The number of hydrogen-bond donors (Lipinski definition) is 1. The van der Waals surface area contributed by atoms with Crippen molar-refractivity contribution in [1.82, 2.24) is 14.8 Å². The Bertz CT molecular complexity index is 384. The Morgan fingerprint density at radius 3 is 2.75 bits per heavy atom. The van der Waals surface area contributed by atoms with Crippen molar-refractivity contribution in [2.75, 3.05) is 20.6 Å². The van der Waals surface area contributed by atoms with Gasteiger partial charge in [-0.2, -0.15) is 0 Å². The van der Waals surface area contributed by atoms with E-state index in [9.17, 15) is 4.79 Å². The smallest absolute Gasteiger partial charge is 0.250 e. The molecular formula is C12H21N3O. The third-order valence-electron chi connectivity index (χ3n) is 2.46. The Labute approximate surface area is 96.9 Å². The summed E-state index contributed by atoms with van der Waals surface area (Å²) in [5.74, 6) is 0. The molecule has 0 saturated carbocycles. The fraction of sp³-hybridized carbons (Fsp3) is 0.583. The first kappa shape index (κ1) is 12.9. The lowest BCUT2D eigenvalue weighted by atomic mass is 10.2. The van der Waals surface area contributed by atoms with Gasteiger partial charge in [0.25, 0.3) is 5.56 Å². The third-order valence-corrected chi connectivity index (χ3v) is 2.46. The minimum atomic E-state index is 0.0413.